The van der Waals surface area contributed by atoms with Crippen LogP contribution in [0.1, 0.15) is 157 Å². The average Bonchev–Trinajstić information content (AvgIpc) is 1.57. The van der Waals surface area contributed by atoms with Crippen LogP contribution in [0.2, 0.25) is 0 Å². The molecule has 2 aromatic carbocycles. The number of aryl methyl sites for hydroxylation is 1. The first-order chi connectivity index (χ1) is 39.3. The predicted octanol–water partition coefficient (Wildman–Crippen LogP) is 8.53. The van der Waals surface area contributed by atoms with Gasteiger partial charge in [0.25, 0.3) is 5.91 Å². The molecule has 11 atom stereocenters. The summed E-state index contributed by atoms with van der Waals surface area (Å²) in [6.45, 7) is 9.49. The van der Waals surface area contributed by atoms with E-state index >= 15 is 4.79 Å². The number of aliphatic hydroxyl groups is 2. The largest absolute Gasteiger partial charge is 0.524 e. The minimum atomic E-state index is -4.99. The molecule has 446 valence electrons. The molecular weight excluding hydrogens is 1070 g/mol. The van der Waals surface area contributed by atoms with E-state index in [0.29, 0.717) is 30.5 Å². The number of nitrogens with one attached hydrogen (secondary N) is 2. The molecule has 18 heteroatoms. The Balaban J connectivity index is 0.800. The van der Waals surface area contributed by atoms with Gasteiger partial charge in [0.1, 0.15) is 17.4 Å². The standard InChI is InChI=1S/C64H86N3O14P/c1-42(2)58(60(73)78-41-55(71)64-56(79-61(80-64)44-21-11-8-12-22-44)36-51-50-26-25-48-35-49(68)28-29-62(48,3)57(50)52(69)37-63(51,64)4)66-59(72)46-23-17-31-67(39-46)40-47-34-45(24-27-54(47)81-82(74,75)76)53(70)38-65-30-14-5-6-15-32-77-33-16-13-20-43-18-9-7-10-19-43/h7,9-10,17-19,23-24,27-29,31,34-35,39,42,44,50-53,56-58,61,65,69-70H,5-6,8,11-16,20-22,25-26,30,32-33,36-38,40-41H2,1-4H3,(H2-,66,72,74,75,76)/p+1/t50?,51?,52-,53?,56-,57?,58?,61+,62-,63-,64+/m0/s1. The maximum absolute atomic E-state index is 15.2. The number of rotatable bonds is 27. The van der Waals surface area contributed by atoms with E-state index in [1.807, 2.05) is 19.1 Å². The SMILES string of the molecule is CC(C)C(NC(=O)c1ccc[n+](Cc2cc(C(O)CNCCCCCCOCCCCc3ccccc3)ccc2OP(=O)(O)O)c1)C(=O)OCC(=O)[C@@]12O[C@H](C3CCCCC3)O[C@H]1CC1C3CCC4=CC(=O)C=C[C@]4(C)C3[C@@H](O)C[C@@]12C. The summed E-state index contributed by atoms with van der Waals surface area (Å²) in [4.78, 5) is 75.5. The van der Waals surface area contributed by atoms with Crippen molar-refractivity contribution in [3.8, 4) is 5.75 Å². The van der Waals surface area contributed by atoms with Crippen LogP contribution in [-0.4, -0.2) is 106 Å². The number of carbonyl (C=O) groups is 4. The van der Waals surface area contributed by atoms with Crippen molar-refractivity contribution in [1.29, 1.82) is 0 Å². The lowest BCUT2D eigenvalue weighted by Gasteiger charge is -2.59. The molecule has 1 saturated heterocycles. The summed E-state index contributed by atoms with van der Waals surface area (Å²) in [5.74, 6) is -2.56. The molecule has 17 nitrogen and oxygen atoms in total. The number of ketones is 2. The van der Waals surface area contributed by atoms with Crippen molar-refractivity contribution in [2.45, 2.75) is 173 Å². The fourth-order valence-electron chi connectivity index (χ4n) is 14.8. The van der Waals surface area contributed by atoms with Crippen LogP contribution in [0.15, 0.2) is 96.9 Å². The summed E-state index contributed by atoms with van der Waals surface area (Å²) in [7, 11) is -4.99. The Hall–Kier alpha value is -4.94. The van der Waals surface area contributed by atoms with Crippen molar-refractivity contribution >= 4 is 31.3 Å². The number of hydrogen-bond donors (Lipinski definition) is 6. The fourth-order valence-corrected chi connectivity index (χ4v) is 15.2. The number of ether oxygens (including phenoxy) is 4. The highest BCUT2D eigenvalue weighted by atomic mass is 31.2. The maximum Gasteiger partial charge on any atom is 0.524 e. The molecule has 6 aliphatic rings. The van der Waals surface area contributed by atoms with Crippen molar-refractivity contribution in [2.75, 3.05) is 32.9 Å². The van der Waals surface area contributed by atoms with E-state index < -0.39 is 85.1 Å². The monoisotopic (exact) mass is 1150 g/mol. The average molecular weight is 1150 g/mol. The second kappa shape index (κ2) is 27.0. The molecule has 5 aliphatic carbocycles. The minimum Gasteiger partial charge on any atom is -0.456 e. The number of aliphatic hydroxyl groups excluding tert-OH is 2. The second-order valence-electron chi connectivity index (χ2n) is 24.8. The van der Waals surface area contributed by atoms with Crippen LogP contribution >= 0.6 is 7.82 Å². The molecule has 9 rings (SSSR count). The summed E-state index contributed by atoms with van der Waals surface area (Å²) < 4.78 is 44.4. The smallest absolute Gasteiger partial charge is 0.456 e. The molecule has 2 heterocycles. The van der Waals surface area contributed by atoms with Gasteiger partial charge in [0, 0.05) is 48.5 Å². The molecule has 5 unspecified atom stereocenters. The number of allylic oxidation sites excluding steroid dienone is 4. The third kappa shape index (κ3) is 13.9. The van der Waals surface area contributed by atoms with Crippen molar-refractivity contribution in [3.63, 3.8) is 0 Å². The Kier molecular flexibility index (Phi) is 20.3. The first kappa shape index (κ1) is 61.6. The van der Waals surface area contributed by atoms with Gasteiger partial charge < -0.3 is 44.3 Å². The third-order valence-corrected chi connectivity index (χ3v) is 19.4. The van der Waals surface area contributed by atoms with Crippen molar-refractivity contribution in [1.82, 2.24) is 10.6 Å². The number of aromatic nitrogens is 1. The Morgan fingerprint density at radius 2 is 1.68 bits per heavy atom. The number of phosphoric ester groups is 1. The molecule has 1 aromatic heterocycles. The molecule has 4 saturated carbocycles. The Bertz CT molecular complexity index is 2830. The van der Waals surface area contributed by atoms with Crippen LogP contribution in [0.3, 0.4) is 0 Å². The third-order valence-electron chi connectivity index (χ3n) is 19.0. The van der Waals surface area contributed by atoms with Gasteiger partial charge in [0.05, 0.1) is 23.9 Å². The van der Waals surface area contributed by atoms with E-state index in [-0.39, 0.29) is 60.3 Å². The van der Waals surface area contributed by atoms with E-state index in [1.54, 1.807) is 61.0 Å². The molecule has 82 heavy (non-hydrogen) atoms. The van der Waals surface area contributed by atoms with E-state index in [0.717, 1.165) is 102 Å². The Morgan fingerprint density at radius 1 is 0.927 bits per heavy atom. The topological polar surface area (TPSA) is 240 Å². The number of esters is 1. The highest BCUT2D eigenvalue weighted by Gasteiger charge is 2.76. The van der Waals surface area contributed by atoms with Gasteiger partial charge in [-0.3, -0.25) is 24.2 Å². The predicted molar refractivity (Wildman–Crippen MR) is 306 cm³/mol. The number of unbranched alkanes of at least 4 members (excludes halogenated alkanes) is 4. The van der Waals surface area contributed by atoms with Gasteiger partial charge >= 0.3 is 13.8 Å². The first-order valence-electron chi connectivity index (χ1n) is 30.1. The maximum atomic E-state index is 15.2. The lowest BCUT2D eigenvalue weighted by Crippen LogP contribution is -2.64. The molecule has 5 fully saturated rings. The lowest BCUT2D eigenvalue weighted by molar-refractivity contribution is -0.688. The molecule has 0 radical (unpaired) electrons. The van der Waals surface area contributed by atoms with E-state index in [4.69, 9.17) is 23.5 Å². The summed E-state index contributed by atoms with van der Waals surface area (Å²) in [6.07, 6.45) is 20.0. The van der Waals surface area contributed by atoms with Crippen LogP contribution in [0.25, 0.3) is 0 Å². The summed E-state index contributed by atoms with van der Waals surface area (Å²) in [6, 6.07) is 17.1. The van der Waals surface area contributed by atoms with Gasteiger partial charge in [-0.1, -0.05) is 108 Å². The number of phosphoric acid groups is 1. The molecule has 6 N–H and O–H groups in total. The minimum absolute atomic E-state index is 0.0105. The van der Waals surface area contributed by atoms with Crippen LogP contribution < -0.4 is 19.7 Å². The van der Waals surface area contributed by atoms with Gasteiger partial charge in [-0.2, -0.15) is 4.57 Å². The number of fused-ring (bicyclic) bond motifs is 7. The fraction of sp³-hybridized carbons (Fsp3) is 0.609. The number of hydrogen-bond acceptors (Lipinski definition) is 13. The van der Waals surface area contributed by atoms with Crippen molar-refractivity contribution in [2.24, 2.45) is 40.4 Å². The van der Waals surface area contributed by atoms with Gasteiger partial charge in [-0.05, 0) is 136 Å². The Labute approximate surface area is 483 Å². The van der Waals surface area contributed by atoms with E-state index in [1.165, 1.54) is 17.8 Å². The normalized spacial score (nSPS) is 28.5. The first-order valence-corrected chi connectivity index (χ1v) is 31.7. The van der Waals surface area contributed by atoms with Crippen LogP contribution in [0.5, 0.6) is 5.75 Å². The highest BCUT2D eigenvalue weighted by molar-refractivity contribution is 7.46. The van der Waals surface area contributed by atoms with Gasteiger partial charge in [-0.25, -0.2) is 9.36 Å². The summed E-state index contributed by atoms with van der Waals surface area (Å²) in [5, 5.41) is 29.6. The quantitative estimate of drug-likeness (QED) is 0.0181. The molecule has 0 bridgehead atoms. The van der Waals surface area contributed by atoms with E-state index in [2.05, 4.69) is 41.8 Å². The molecular formula is C64H87N3O14P+. The van der Waals surface area contributed by atoms with Crippen LogP contribution in [0.4, 0.5) is 0 Å². The van der Waals surface area contributed by atoms with Crippen molar-refractivity contribution < 1.29 is 71.8 Å². The van der Waals surface area contributed by atoms with Gasteiger partial charge in [0.2, 0.25) is 5.78 Å². The Morgan fingerprint density at radius 3 is 2.44 bits per heavy atom. The van der Waals surface area contributed by atoms with Gasteiger partial charge in [0.15, 0.2) is 43.2 Å². The zero-order valence-electron chi connectivity index (χ0n) is 48.3. The number of nitrogens with zero attached hydrogens (tertiary/aromatic N) is 1. The number of Topliss-reactive ketones (excluding diaryl/α,β-unsaturated/α-hetero) is 1. The summed E-state index contributed by atoms with van der Waals surface area (Å²) in [5.41, 5.74) is 0.504. The molecule has 3 aromatic rings. The van der Waals surface area contributed by atoms with Gasteiger partial charge in [-0.15, -0.1) is 0 Å². The number of carbonyl (C=O) groups excluding carboxylic acids is 4. The second-order valence-corrected chi connectivity index (χ2v) is 26.0. The molecule has 0 spiro atoms. The number of amides is 1. The number of pyridine rings is 1. The van der Waals surface area contributed by atoms with E-state index in [9.17, 15) is 38.9 Å². The molecule has 1 amide bonds. The summed E-state index contributed by atoms with van der Waals surface area (Å²) >= 11 is 0. The van der Waals surface area contributed by atoms with Crippen molar-refractivity contribution in [3.05, 3.63) is 119 Å². The zero-order chi connectivity index (χ0) is 58.2. The highest BCUT2D eigenvalue weighted by Crippen LogP contribution is 2.70. The van der Waals surface area contributed by atoms with Crippen LogP contribution in [-0.2, 0) is 50.9 Å². The lowest BCUT2D eigenvalue weighted by atomic mass is 9.46. The van der Waals surface area contributed by atoms with Crippen LogP contribution in [0, 0.1) is 40.4 Å². The zero-order valence-corrected chi connectivity index (χ0v) is 49.2. The number of benzene rings is 2. The molecule has 1 aliphatic heterocycles.